The van der Waals surface area contributed by atoms with E-state index in [2.05, 4.69) is 21.1 Å². The predicted molar refractivity (Wildman–Crippen MR) is 115 cm³/mol. The van der Waals surface area contributed by atoms with Gasteiger partial charge < -0.3 is 20.8 Å². The zero-order valence-electron chi connectivity index (χ0n) is 15.4. The van der Waals surface area contributed by atoms with Gasteiger partial charge in [0.25, 0.3) is 0 Å². The number of nitrogens with zero attached hydrogens (tertiary/aromatic N) is 1. The molecule has 6 nitrogen and oxygen atoms in total. The maximum absolute atomic E-state index is 9.99. The molecular formula is C21H22N4O2S. The molecule has 0 aliphatic heterocycles. The smallest absolute Gasteiger partial charge is 0.236 e. The number of hydrogen-bond donors (Lipinski definition) is 5. The van der Waals surface area contributed by atoms with E-state index in [0.29, 0.717) is 10.6 Å². The van der Waals surface area contributed by atoms with E-state index < -0.39 is 0 Å². The van der Waals surface area contributed by atoms with Crippen molar-refractivity contribution < 1.29 is 10.2 Å². The molecule has 0 aliphatic rings. The van der Waals surface area contributed by atoms with Crippen molar-refractivity contribution in [2.24, 2.45) is 0 Å². The Morgan fingerprint density at radius 2 is 1.75 bits per heavy atom. The number of aromatic hydroxyl groups is 1. The molecular weight excluding hydrogens is 372 g/mol. The fourth-order valence-electron chi connectivity index (χ4n) is 2.52. The summed E-state index contributed by atoms with van der Waals surface area (Å²) in [5.41, 5.74) is 3.31. The van der Waals surface area contributed by atoms with Gasteiger partial charge in [-0.1, -0.05) is 54.6 Å². The maximum atomic E-state index is 9.99. The Bertz CT molecular complexity index is 952. The lowest BCUT2D eigenvalue weighted by Crippen LogP contribution is -2.35. The summed E-state index contributed by atoms with van der Waals surface area (Å²) in [6.45, 7) is 1.64. The summed E-state index contributed by atoms with van der Waals surface area (Å²) >= 11 is 1.08. The third-order valence-electron chi connectivity index (χ3n) is 4.03. The van der Waals surface area contributed by atoms with Crippen molar-refractivity contribution in [3.63, 3.8) is 0 Å². The fourth-order valence-corrected chi connectivity index (χ4v) is 3.24. The van der Waals surface area contributed by atoms with Crippen LogP contribution in [0.5, 0.6) is 5.88 Å². The van der Waals surface area contributed by atoms with Crippen LogP contribution in [0.25, 0.3) is 12.2 Å². The molecule has 0 amide bonds. The minimum absolute atomic E-state index is 0.0118. The van der Waals surface area contributed by atoms with Crippen LogP contribution in [0.1, 0.15) is 23.6 Å². The van der Waals surface area contributed by atoms with E-state index in [1.165, 1.54) is 0 Å². The van der Waals surface area contributed by atoms with Gasteiger partial charge in [0, 0.05) is 11.7 Å². The average molecular weight is 395 g/mol. The molecule has 3 aromatic rings. The lowest BCUT2D eigenvalue weighted by Gasteiger charge is -2.14. The van der Waals surface area contributed by atoms with Gasteiger partial charge in [0.2, 0.25) is 5.88 Å². The molecule has 28 heavy (non-hydrogen) atoms. The molecule has 0 fully saturated rings. The summed E-state index contributed by atoms with van der Waals surface area (Å²) in [6, 6.07) is 17.6. The van der Waals surface area contributed by atoms with Gasteiger partial charge in [-0.15, -0.1) is 0 Å². The number of nitrogens with one attached hydrogen (secondary N) is 3. The Labute approximate surface area is 167 Å². The summed E-state index contributed by atoms with van der Waals surface area (Å²) < 4.78 is 3.93. The first-order valence-corrected chi connectivity index (χ1v) is 9.59. The topological polar surface area (TPSA) is 101 Å². The SMILES string of the molecule is CC(CO)NC(=N)c1c(O)nsc1Nc1ccc(/C=C/c2ccccc2)cc1. The van der Waals surface area contributed by atoms with E-state index in [1.54, 1.807) is 6.92 Å². The number of rotatable bonds is 7. The largest absolute Gasteiger partial charge is 0.492 e. The molecule has 144 valence electrons. The number of anilines is 2. The van der Waals surface area contributed by atoms with Crippen LogP contribution in [0, 0.1) is 5.41 Å². The van der Waals surface area contributed by atoms with Gasteiger partial charge >= 0.3 is 0 Å². The molecule has 0 saturated heterocycles. The molecule has 0 aliphatic carbocycles. The Kier molecular flexibility index (Phi) is 6.41. The minimum Gasteiger partial charge on any atom is -0.492 e. The monoisotopic (exact) mass is 394 g/mol. The Morgan fingerprint density at radius 1 is 1.11 bits per heavy atom. The van der Waals surface area contributed by atoms with Crippen molar-refractivity contribution in [1.82, 2.24) is 9.69 Å². The molecule has 5 N–H and O–H groups in total. The van der Waals surface area contributed by atoms with E-state index in [4.69, 9.17) is 10.5 Å². The summed E-state index contributed by atoms with van der Waals surface area (Å²) in [4.78, 5) is 0. The highest BCUT2D eigenvalue weighted by atomic mass is 32.1. The number of amidine groups is 1. The average Bonchev–Trinajstić information content (AvgIpc) is 3.08. The third-order valence-corrected chi connectivity index (χ3v) is 4.78. The van der Waals surface area contributed by atoms with E-state index in [9.17, 15) is 5.11 Å². The number of aliphatic hydroxyl groups is 1. The molecule has 1 aromatic heterocycles. The first-order valence-electron chi connectivity index (χ1n) is 8.82. The maximum Gasteiger partial charge on any atom is 0.236 e. The zero-order chi connectivity index (χ0) is 19.9. The van der Waals surface area contributed by atoms with Gasteiger partial charge in [0.05, 0.1) is 6.61 Å². The third kappa shape index (κ3) is 4.97. The predicted octanol–water partition coefficient (Wildman–Crippen LogP) is 4.06. The second-order valence-electron chi connectivity index (χ2n) is 6.30. The molecule has 2 aromatic carbocycles. The highest BCUT2D eigenvalue weighted by Crippen LogP contribution is 2.32. The highest BCUT2D eigenvalue weighted by molar-refractivity contribution is 7.11. The molecule has 1 unspecified atom stereocenters. The Balaban J connectivity index is 1.71. The standard InChI is InChI=1S/C21H22N4O2S/c1-14(13-26)23-19(22)18-20(27)25-28-21(18)24-17-11-9-16(10-12-17)8-7-15-5-3-2-4-6-15/h2-12,14,24,26H,13H2,1H3,(H2,22,23)(H,25,27)/b8-7+. The van der Waals surface area contributed by atoms with Gasteiger partial charge in [-0.3, -0.25) is 5.41 Å². The molecule has 0 spiro atoms. The van der Waals surface area contributed by atoms with Crippen molar-refractivity contribution in [3.05, 3.63) is 71.3 Å². The van der Waals surface area contributed by atoms with Gasteiger partial charge in [-0.25, -0.2) is 0 Å². The molecule has 7 heteroatoms. The van der Waals surface area contributed by atoms with Crippen LogP contribution in [0.3, 0.4) is 0 Å². The normalized spacial score (nSPS) is 12.1. The van der Waals surface area contributed by atoms with Crippen LogP contribution >= 0.6 is 11.5 Å². The molecule has 1 heterocycles. The van der Waals surface area contributed by atoms with Gasteiger partial charge in [-0.05, 0) is 41.7 Å². The van der Waals surface area contributed by atoms with Crippen molar-refractivity contribution in [2.45, 2.75) is 13.0 Å². The summed E-state index contributed by atoms with van der Waals surface area (Å²) in [7, 11) is 0. The first kappa shape index (κ1) is 19.6. The first-order chi connectivity index (χ1) is 13.6. The molecule has 0 saturated carbocycles. The van der Waals surface area contributed by atoms with Gasteiger partial charge in [-0.2, -0.15) is 4.37 Å². The van der Waals surface area contributed by atoms with Crippen LogP contribution in [0.15, 0.2) is 54.6 Å². The quantitative estimate of drug-likeness (QED) is 0.236. The molecule has 0 bridgehead atoms. The highest BCUT2D eigenvalue weighted by Gasteiger charge is 2.19. The molecule has 1 atom stereocenters. The van der Waals surface area contributed by atoms with Crippen molar-refractivity contribution in [2.75, 3.05) is 11.9 Å². The van der Waals surface area contributed by atoms with E-state index in [1.807, 2.05) is 60.7 Å². The number of aliphatic hydroxyl groups excluding tert-OH is 1. The Morgan fingerprint density at radius 3 is 2.39 bits per heavy atom. The zero-order valence-corrected chi connectivity index (χ0v) is 16.2. The molecule has 0 radical (unpaired) electrons. The summed E-state index contributed by atoms with van der Waals surface area (Å²) in [5, 5.41) is 33.9. The summed E-state index contributed by atoms with van der Waals surface area (Å²) in [5.74, 6) is -0.199. The lowest BCUT2D eigenvalue weighted by atomic mass is 10.1. The van der Waals surface area contributed by atoms with Crippen molar-refractivity contribution >= 4 is 40.2 Å². The van der Waals surface area contributed by atoms with E-state index in [-0.39, 0.29) is 24.4 Å². The van der Waals surface area contributed by atoms with Crippen LogP contribution in [0.4, 0.5) is 10.7 Å². The minimum atomic E-state index is -0.296. The van der Waals surface area contributed by atoms with Crippen molar-refractivity contribution in [3.8, 4) is 5.88 Å². The summed E-state index contributed by atoms with van der Waals surface area (Å²) in [6.07, 6.45) is 4.09. The van der Waals surface area contributed by atoms with E-state index in [0.717, 1.165) is 28.3 Å². The van der Waals surface area contributed by atoms with Crippen LogP contribution in [0.2, 0.25) is 0 Å². The number of aromatic nitrogens is 1. The van der Waals surface area contributed by atoms with Gasteiger partial charge in [0.1, 0.15) is 16.4 Å². The van der Waals surface area contributed by atoms with Gasteiger partial charge in [0.15, 0.2) is 0 Å². The fraction of sp³-hybridized carbons (Fsp3) is 0.143. The number of hydrogen-bond acceptors (Lipinski definition) is 6. The Hall–Kier alpha value is -3.16. The van der Waals surface area contributed by atoms with Crippen molar-refractivity contribution in [1.29, 1.82) is 5.41 Å². The second kappa shape index (κ2) is 9.16. The second-order valence-corrected chi connectivity index (χ2v) is 7.08. The molecule has 3 rings (SSSR count). The van der Waals surface area contributed by atoms with E-state index >= 15 is 0 Å². The number of benzene rings is 2. The van der Waals surface area contributed by atoms with Crippen LogP contribution in [-0.2, 0) is 0 Å². The van der Waals surface area contributed by atoms with Crippen LogP contribution < -0.4 is 10.6 Å². The lowest BCUT2D eigenvalue weighted by molar-refractivity contribution is 0.264. The van der Waals surface area contributed by atoms with Crippen LogP contribution in [-0.4, -0.2) is 33.1 Å².